The van der Waals surface area contributed by atoms with Gasteiger partial charge >= 0.3 is 19.8 Å². The first-order chi connectivity index (χ1) is 30.5. The van der Waals surface area contributed by atoms with Crippen LogP contribution in [0.4, 0.5) is 0 Å². The number of unbranched alkanes of at least 4 members (excludes halogenated alkanes) is 31. The summed E-state index contributed by atoms with van der Waals surface area (Å²) in [6.07, 6.45) is 52.7. The molecule has 372 valence electrons. The largest absolute Gasteiger partial charge is 0.472 e. The van der Waals surface area contributed by atoms with Crippen molar-refractivity contribution < 1.29 is 42.1 Å². The van der Waals surface area contributed by atoms with Crippen LogP contribution in [0, 0.1) is 0 Å². The van der Waals surface area contributed by atoms with E-state index in [0.717, 1.165) is 38.5 Å². The lowest BCUT2D eigenvalue weighted by Crippen LogP contribution is -2.37. The van der Waals surface area contributed by atoms with E-state index >= 15 is 0 Å². The molecule has 2 atom stereocenters. The van der Waals surface area contributed by atoms with Gasteiger partial charge in [-0.25, -0.2) is 4.57 Å². The molecule has 0 saturated carbocycles. The Hall–Kier alpha value is -1.51. The zero-order valence-corrected chi connectivity index (χ0v) is 43.0. The van der Waals surface area contributed by atoms with E-state index in [1.165, 1.54) is 180 Å². The Balaban J connectivity index is 3.94. The molecule has 0 heterocycles. The maximum Gasteiger partial charge on any atom is 0.472 e. The van der Waals surface area contributed by atoms with Crippen molar-refractivity contribution >= 4 is 19.8 Å². The van der Waals surface area contributed by atoms with E-state index in [1.54, 1.807) is 0 Å². The van der Waals surface area contributed by atoms with E-state index in [1.807, 2.05) is 21.1 Å². The number of hydrogen-bond acceptors (Lipinski definition) is 7. The number of phosphoric ester groups is 1. The highest BCUT2D eigenvalue weighted by Crippen LogP contribution is 2.43. The maximum absolute atomic E-state index is 12.7. The fraction of sp³-hybridized carbons (Fsp3) is 0.887. The molecule has 0 aromatic rings. The lowest BCUT2D eigenvalue weighted by atomic mass is 10.0. The van der Waals surface area contributed by atoms with E-state index < -0.39 is 26.5 Å². The van der Waals surface area contributed by atoms with Crippen molar-refractivity contribution in [2.75, 3.05) is 47.5 Å². The van der Waals surface area contributed by atoms with Crippen molar-refractivity contribution in [1.82, 2.24) is 0 Å². The van der Waals surface area contributed by atoms with Gasteiger partial charge in [0.05, 0.1) is 27.7 Å². The number of rotatable bonds is 49. The molecule has 0 radical (unpaired) electrons. The molecule has 10 heteroatoms. The smallest absolute Gasteiger partial charge is 0.462 e. The van der Waals surface area contributed by atoms with Crippen LogP contribution in [0.15, 0.2) is 24.3 Å². The topological polar surface area (TPSA) is 108 Å². The summed E-state index contributed by atoms with van der Waals surface area (Å²) in [6.45, 7) is 4.41. The summed E-state index contributed by atoms with van der Waals surface area (Å²) in [7, 11) is 1.49. The monoisotopic (exact) mass is 913 g/mol. The number of phosphoric acid groups is 1. The second kappa shape index (κ2) is 45.6. The molecule has 1 N–H and O–H groups in total. The summed E-state index contributed by atoms with van der Waals surface area (Å²) in [5.41, 5.74) is 0. The van der Waals surface area contributed by atoms with E-state index in [9.17, 15) is 19.0 Å². The predicted molar refractivity (Wildman–Crippen MR) is 266 cm³/mol. The highest BCUT2D eigenvalue weighted by molar-refractivity contribution is 7.47. The van der Waals surface area contributed by atoms with Crippen molar-refractivity contribution in [1.29, 1.82) is 0 Å². The first-order valence-electron chi connectivity index (χ1n) is 26.6. The van der Waals surface area contributed by atoms with Crippen LogP contribution in [-0.2, 0) is 32.7 Å². The van der Waals surface area contributed by atoms with Crippen molar-refractivity contribution in [3.05, 3.63) is 24.3 Å². The Labute approximate surface area is 389 Å². The van der Waals surface area contributed by atoms with E-state index in [2.05, 4.69) is 38.2 Å². The highest BCUT2D eigenvalue weighted by atomic mass is 31.2. The van der Waals surface area contributed by atoms with Gasteiger partial charge in [-0.15, -0.1) is 0 Å². The molecule has 0 amide bonds. The van der Waals surface area contributed by atoms with Crippen LogP contribution in [0.5, 0.6) is 0 Å². The number of ether oxygens (including phenoxy) is 2. The zero-order valence-electron chi connectivity index (χ0n) is 42.1. The van der Waals surface area contributed by atoms with Crippen molar-refractivity contribution in [2.24, 2.45) is 0 Å². The quantitative estimate of drug-likeness (QED) is 0.0211. The molecule has 0 aromatic heterocycles. The van der Waals surface area contributed by atoms with Gasteiger partial charge in [0.1, 0.15) is 19.8 Å². The fourth-order valence-electron chi connectivity index (χ4n) is 7.58. The standard InChI is InChI=1S/C53H102NO8P/c1-6-8-10-12-14-16-17-18-19-20-21-22-23-24-25-26-27-28-29-30-31-32-33-34-35-36-37-38-40-42-44-46-53(56)62-51(50-61-63(57,58)60-48-47-54(3,4)5)49-59-52(55)45-43-41-39-15-13-11-9-7-2/h17-18,20-21,51H,6-16,19,22-50H2,1-5H3/p+1/b18-17-,21-20-. The molecular weight excluding hydrogens is 810 g/mol. The van der Waals surface area contributed by atoms with Gasteiger partial charge in [-0.1, -0.05) is 218 Å². The van der Waals surface area contributed by atoms with E-state index in [-0.39, 0.29) is 25.6 Å². The van der Waals surface area contributed by atoms with Gasteiger partial charge in [-0.3, -0.25) is 18.6 Å². The number of carbonyl (C=O) groups excluding carboxylic acids is 2. The Morgan fingerprint density at radius 3 is 1.25 bits per heavy atom. The second-order valence-electron chi connectivity index (χ2n) is 19.3. The van der Waals surface area contributed by atoms with Crippen molar-refractivity contribution in [3.63, 3.8) is 0 Å². The van der Waals surface area contributed by atoms with Gasteiger partial charge in [-0.2, -0.15) is 0 Å². The number of likely N-dealkylation sites (N-methyl/N-ethyl adjacent to an activating group) is 1. The van der Waals surface area contributed by atoms with Crippen molar-refractivity contribution in [2.45, 2.75) is 258 Å². The number of nitrogens with zero attached hydrogens (tertiary/aromatic N) is 1. The SMILES string of the molecule is CCCCCCC/C=C\C/C=C\CCCCCCCCCCCCCCCCCCCCCC(=O)OC(COC(=O)CCCCCCCCCC)COP(=O)(O)OCC[N+](C)(C)C. The van der Waals surface area contributed by atoms with Gasteiger partial charge in [-0.05, 0) is 44.9 Å². The minimum absolute atomic E-state index is 0.0348. The Morgan fingerprint density at radius 2 is 0.857 bits per heavy atom. The molecule has 0 spiro atoms. The zero-order chi connectivity index (χ0) is 46.4. The Morgan fingerprint density at radius 1 is 0.492 bits per heavy atom. The third-order valence-electron chi connectivity index (χ3n) is 11.7. The van der Waals surface area contributed by atoms with Crippen LogP contribution < -0.4 is 0 Å². The molecule has 63 heavy (non-hydrogen) atoms. The van der Waals surface area contributed by atoms with Gasteiger partial charge in [0, 0.05) is 12.8 Å². The van der Waals surface area contributed by atoms with E-state index in [0.29, 0.717) is 23.9 Å². The number of quaternary nitrogens is 1. The minimum atomic E-state index is -4.37. The third-order valence-corrected chi connectivity index (χ3v) is 12.7. The summed E-state index contributed by atoms with van der Waals surface area (Å²) in [4.78, 5) is 35.3. The highest BCUT2D eigenvalue weighted by Gasteiger charge is 2.27. The summed E-state index contributed by atoms with van der Waals surface area (Å²) in [5.74, 6) is -0.791. The Kier molecular flexibility index (Phi) is 44.5. The van der Waals surface area contributed by atoms with Crippen LogP contribution in [0.25, 0.3) is 0 Å². The molecule has 0 rings (SSSR count). The van der Waals surface area contributed by atoms with Gasteiger partial charge in [0.2, 0.25) is 0 Å². The molecule has 0 aliphatic carbocycles. The molecule has 9 nitrogen and oxygen atoms in total. The number of esters is 2. The summed E-state index contributed by atoms with van der Waals surface area (Å²) < 4.78 is 34.3. The fourth-order valence-corrected chi connectivity index (χ4v) is 8.32. The normalized spacial score (nSPS) is 13.6. The molecular formula is C53H103NO8P+. The molecule has 0 saturated heterocycles. The lowest BCUT2D eigenvalue weighted by Gasteiger charge is -2.24. The van der Waals surface area contributed by atoms with E-state index in [4.69, 9.17) is 18.5 Å². The summed E-state index contributed by atoms with van der Waals surface area (Å²) >= 11 is 0. The number of allylic oxidation sites excluding steroid dienone is 4. The van der Waals surface area contributed by atoms with Crippen LogP contribution in [0.3, 0.4) is 0 Å². The molecule has 0 aliphatic rings. The summed E-state index contributed by atoms with van der Waals surface area (Å²) in [6, 6.07) is 0. The Bertz CT molecular complexity index is 1120. The first-order valence-corrected chi connectivity index (χ1v) is 28.1. The first kappa shape index (κ1) is 61.5. The minimum Gasteiger partial charge on any atom is -0.462 e. The van der Waals surface area contributed by atoms with Gasteiger partial charge < -0.3 is 18.9 Å². The van der Waals surface area contributed by atoms with Crippen LogP contribution in [-0.4, -0.2) is 74.9 Å². The maximum atomic E-state index is 12.7. The second-order valence-corrected chi connectivity index (χ2v) is 20.7. The third kappa shape index (κ3) is 49.8. The van der Waals surface area contributed by atoms with Gasteiger partial charge in [0.25, 0.3) is 0 Å². The van der Waals surface area contributed by atoms with Crippen molar-refractivity contribution in [3.8, 4) is 0 Å². The molecule has 0 aliphatic heterocycles. The average molecular weight is 913 g/mol. The average Bonchev–Trinajstić information content (AvgIpc) is 3.24. The molecule has 0 bridgehead atoms. The van der Waals surface area contributed by atoms with Crippen LogP contribution >= 0.6 is 7.82 Å². The van der Waals surface area contributed by atoms with Crippen LogP contribution in [0.1, 0.15) is 251 Å². The molecule has 2 unspecified atom stereocenters. The number of hydrogen-bond donors (Lipinski definition) is 1. The molecule has 0 fully saturated rings. The number of carbonyl (C=O) groups is 2. The lowest BCUT2D eigenvalue weighted by molar-refractivity contribution is -0.870. The van der Waals surface area contributed by atoms with Crippen LogP contribution in [0.2, 0.25) is 0 Å². The van der Waals surface area contributed by atoms with Gasteiger partial charge in [0.15, 0.2) is 6.10 Å². The predicted octanol–water partition coefficient (Wildman–Crippen LogP) is 15.9. The summed E-state index contributed by atoms with van der Waals surface area (Å²) in [5, 5.41) is 0. The molecule has 0 aromatic carbocycles.